The minimum atomic E-state index is 0.346. The van der Waals surface area contributed by atoms with Gasteiger partial charge in [-0.25, -0.2) is 4.98 Å². The lowest BCUT2D eigenvalue weighted by Gasteiger charge is -2.32. The van der Waals surface area contributed by atoms with Crippen LogP contribution in [0.1, 0.15) is 56.8 Å². The summed E-state index contributed by atoms with van der Waals surface area (Å²) in [5, 5.41) is 0. The Bertz CT molecular complexity index is 742. The molecule has 5 rings (SSSR count). The van der Waals surface area contributed by atoms with Gasteiger partial charge in [0.15, 0.2) is 11.5 Å². The summed E-state index contributed by atoms with van der Waals surface area (Å²) in [6.07, 6.45) is 8.18. The van der Waals surface area contributed by atoms with Crippen molar-refractivity contribution in [2.75, 3.05) is 13.1 Å². The fraction of sp³-hybridized carbons (Fsp3) is 0.619. The molecule has 1 aromatic heterocycles. The molecule has 3 atom stereocenters. The Morgan fingerprint density at radius 1 is 1.12 bits per heavy atom. The van der Waals surface area contributed by atoms with Crippen LogP contribution in [0.2, 0.25) is 0 Å². The van der Waals surface area contributed by atoms with Crippen molar-refractivity contribution in [1.29, 1.82) is 0 Å². The molecule has 0 radical (unpaired) electrons. The molecule has 1 saturated heterocycles. The first kappa shape index (κ1) is 15.4. The van der Waals surface area contributed by atoms with E-state index in [0.717, 1.165) is 61.2 Å². The number of carbonyl (C=O) groups excluding carboxylic acids is 1. The zero-order chi connectivity index (χ0) is 16.8. The summed E-state index contributed by atoms with van der Waals surface area (Å²) in [5.74, 6) is 4.01. The van der Waals surface area contributed by atoms with E-state index in [1.165, 1.54) is 25.7 Å². The number of fused-ring (bicyclic) bond motifs is 3. The van der Waals surface area contributed by atoms with E-state index in [4.69, 9.17) is 4.42 Å². The summed E-state index contributed by atoms with van der Waals surface area (Å²) >= 11 is 0. The predicted octanol–water partition coefficient (Wildman–Crippen LogP) is 4.36. The van der Waals surface area contributed by atoms with Gasteiger partial charge < -0.3 is 9.32 Å². The van der Waals surface area contributed by atoms with Gasteiger partial charge in [0.05, 0.1) is 0 Å². The second kappa shape index (κ2) is 6.15. The van der Waals surface area contributed by atoms with E-state index < -0.39 is 0 Å². The minimum absolute atomic E-state index is 0.346. The zero-order valence-electron chi connectivity index (χ0n) is 14.7. The fourth-order valence-electron chi connectivity index (χ4n) is 5.42. The highest BCUT2D eigenvalue weighted by Gasteiger charge is 2.41. The van der Waals surface area contributed by atoms with Gasteiger partial charge >= 0.3 is 0 Å². The van der Waals surface area contributed by atoms with E-state index >= 15 is 0 Å². The Morgan fingerprint density at radius 2 is 1.96 bits per heavy atom. The van der Waals surface area contributed by atoms with Crippen molar-refractivity contribution in [3.05, 3.63) is 30.2 Å². The second-order valence-corrected chi connectivity index (χ2v) is 8.31. The summed E-state index contributed by atoms with van der Waals surface area (Å²) in [6.45, 7) is 1.70. The average molecular weight is 338 g/mol. The Morgan fingerprint density at radius 3 is 2.68 bits per heavy atom. The molecule has 1 amide bonds. The number of nitrogens with zero attached hydrogens (tertiary/aromatic N) is 2. The molecule has 2 bridgehead atoms. The Hall–Kier alpha value is -1.84. The molecule has 0 N–H and O–H groups in total. The van der Waals surface area contributed by atoms with E-state index in [-0.39, 0.29) is 0 Å². The number of oxazole rings is 1. The number of para-hydroxylation sites is 2. The summed E-state index contributed by atoms with van der Waals surface area (Å²) in [7, 11) is 0. The summed E-state index contributed by atoms with van der Waals surface area (Å²) < 4.78 is 5.93. The van der Waals surface area contributed by atoms with Gasteiger partial charge in [0.1, 0.15) is 5.52 Å². The maximum absolute atomic E-state index is 12.7. The fourth-order valence-corrected chi connectivity index (χ4v) is 5.42. The van der Waals surface area contributed by atoms with Gasteiger partial charge in [0.25, 0.3) is 0 Å². The molecule has 0 spiro atoms. The largest absolute Gasteiger partial charge is 0.440 e. The van der Waals surface area contributed by atoms with E-state index in [0.29, 0.717) is 17.7 Å². The van der Waals surface area contributed by atoms with Crippen LogP contribution >= 0.6 is 0 Å². The van der Waals surface area contributed by atoms with Gasteiger partial charge in [-0.2, -0.15) is 0 Å². The molecule has 132 valence electrons. The molecule has 3 fully saturated rings. The monoisotopic (exact) mass is 338 g/mol. The lowest BCUT2D eigenvalue weighted by molar-refractivity contribution is -0.133. The molecule has 1 aliphatic heterocycles. The van der Waals surface area contributed by atoms with Crippen molar-refractivity contribution in [1.82, 2.24) is 9.88 Å². The molecule has 2 heterocycles. The predicted molar refractivity (Wildman–Crippen MR) is 96.1 cm³/mol. The standard InChI is InChI=1S/C21H26N2O2/c24-20(13-17-12-14-5-6-16(17)11-14)23-9-7-15(8-10-23)21-22-18-3-1-2-4-19(18)25-21/h1-4,14-17H,5-13H2. The van der Waals surface area contributed by atoms with Gasteiger partial charge in [-0.3, -0.25) is 4.79 Å². The average Bonchev–Trinajstić information content (AvgIpc) is 3.36. The quantitative estimate of drug-likeness (QED) is 0.835. The van der Waals surface area contributed by atoms with E-state index in [9.17, 15) is 4.79 Å². The number of piperidine rings is 1. The number of hydrogen-bond acceptors (Lipinski definition) is 3. The van der Waals surface area contributed by atoms with Gasteiger partial charge in [-0.1, -0.05) is 18.6 Å². The number of rotatable bonds is 3. The first-order chi connectivity index (χ1) is 12.3. The van der Waals surface area contributed by atoms with Crippen molar-refractivity contribution in [2.45, 2.75) is 50.9 Å². The molecule has 3 unspecified atom stereocenters. The first-order valence-corrected chi connectivity index (χ1v) is 9.89. The maximum Gasteiger partial charge on any atom is 0.222 e. The maximum atomic E-state index is 12.7. The van der Waals surface area contributed by atoms with Gasteiger partial charge in [-0.05, 0) is 62.0 Å². The second-order valence-electron chi connectivity index (χ2n) is 8.31. The van der Waals surface area contributed by atoms with Crippen LogP contribution in [0.5, 0.6) is 0 Å². The third-order valence-corrected chi connectivity index (χ3v) is 6.83. The summed E-state index contributed by atoms with van der Waals surface area (Å²) in [6, 6.07) is 7.94. The zero-order valence-corrected chi connectivity index (χ0v) is 14.7. The van der Waals surface area contributed by atoms with E-state index in [2.05, 4.69) is 9.88 Å². The van der Waals surface area contributed by atoms with E-state index in [1.807, 2.05) is 24.3 Å². The number of amides is 1. The Labute approximate surface area is 148 Å². The van der Waals surface area contributed by atoms with Crippen LogP contribution in [0.25, 0.3) is 11.1 Å². The number of carbonyl (C=O) groups is 1. The van der Waals surface area contributed by atoms with Gasteiger partial charge in [0, 0.05) is 25.4 Å². The van der Waals surface area contributed by atoms with E-state index in [1.54, 1.807) is 0 Å². The summed E-state index contributed by atoms with van der Waals surface area (Å²) in [5.41, 5.74) is 1.81. The highest BCUT2D eigenvalue weighted by Crippen LogP contribution is 2.49. The molecular weight excluding hydrogens is 312 g/mol. The topological polar surface area (TPSA) is 46.3 Å². The van der Waals surface area contributed by atoms with Gasteiger partial charge in [-0.15, -0.1) is 0 Å². The molecule has 4 heteroatoms. The normalized spacial score (nSPS) is 29.6. The SMILES string of the molecule is O=C(CC1CC2CCC1C2)N1CCC(c2nc3ccccc3o2)CC1. The number of aromatic nitrogens is 1. The molecule has 1 aromatic carbocycles. The van der Waals surface area contributed by atoms with Crippen LogP contribution in [0.3, 0.4) is 0 Å². The lowest BCUT2D eigenvalue weighted by Crippen LogP contribution is -2.39. The Kier molecular flexibility index (Phi) is 3.79. The first-order valence-electron chi connectivity index (χ1n) is 9.89. The summed E-state index contributed by atoms with van der Waals surface area (Å²) in [4.78, 5) is 19.4. The number of benzene rings is 1. The van der Waals surface area contributed by atoms with Gasteiger partial charge in [0.2, 0.25) is 5.91 Å². The number of likely N-dealkylation sites (tertiary alicyclic amines) is 1. The molecule has 3 aliphatic rings. The molecule has 25 heavy (non-hydrogen) atoms. The highest BCUT2D eigenvalue weighted by atomic mass is 16.3. The van der Waals surface area contributed by atoms with Crippen LogP contribution in [-0.4, -0.2) is 28.9 Å². The third kappa shape index (κ3) is 2.86. The lowest BCUT2D eigenvalue weighted by atomic mass is 9.86. The molecule has 2 aliphatic carbocycles. The van der Waals surface area contributed by atoms with Crippen molar-refractivity contribution < 1.29 is 9.21 Å². The molecule has 2 aromatic rings. The number of hydrogen-bond donors (Lipinski definition) is 0. The van der Waals surface area contributed by atoms with Crippen LogP contribution in [-0.2, 0) is 4.79 Å². The minimum Gasteiger partial charge on any atom is -0.440 e. The highest BCUT2D eigenvalue weighted by molar-refractivity contribution is 5.76. The van der Waals surface area contributed by atoms with Crippen LogP contribution < -0.4 is 0 Å². The Balaban J connectivity index is 1.18. The van der Waals surface area contributed by atoms with Crippen molar-refractivity contribution >= 4 is 17.0 Å². The third-order valence-electron chi connectivity index (χ3n) is 6.83. The molecular formula is C21H26N2O2. The molecule has 2 saturated carbocycles. The van der Waals surface area contributed by atoms with Crippen molar-refractivity contribution in [2.24, 2.45) is 17.8 Å². The van der Waals surface area contributed by atoms with Crippen molar-refractivity contribution in [3.8, 4) is 0 Å². The smallest absolute Gasteiger partial charge is 0.222 e. The van der Waals surface area contributed by atoms with Crippen LogP contribution in [0.15, 0.2) is 28.7 Å². The molecule has 4 nitrogen and oxygen atoms in total. The van der Waals surface area contributed by atoms with Crippen LogP contribution in [0.4, 0.5) is 0 Å². The van der Waals surface area contributed by atoms with Crippen molar-refractivity contribution in [3.63, 3.8) is 0 Å². The van der Waals surface area contributed by atoms with Crippen LogP contribution in [0, 0.1) is 17.8 Å².